The Kier molecular flexibility index (Phi) is 3.72. The molecule has 0 aromatic carbocycles. The van der Waals surface area contributed by atoms with Crippen LogP contribution in [0.25, 0.3) is 0 Å². The summed E-state index contributed by atoms with van der Waals surface area (Å²) < 4.78 is 0. The Morgan fingerprint density at radius 1 is 0.882 bits per heavy atom. The molecular formula is C15H28N2. The molecule has 0 amide bonds. The third-order valence-corrected chi connectivity index (χ3v) is 5.51. The van der Waals surface area contributed by atoms with Gasteiger partial charge in [-0.15, -0.1) is 0 Å². The van der Waals surface area contributed by atoms with Crippen molar-refractivity contribution in [1.29, 1.82) is 0 Å². The van der Waals surface area contributed by atoms with Crippen LogP contribution in [0.3, 0.4) is 0 Å². The van der Waals surface area contributed by atoms with Crippen molar-refractivity contribution in [2.75, 3.05) is 20.1 Å². The summed E-state index contributed by atoms with van der Waals surface area (Å²) in [5.41, 5.74) is 0. The predicted octanol–water partition coefficient (Wildman–Crippen LogP) is 2.64. The molecule has 4 unspecified atom stereocenters. The summed E-state index contributed by atoms with van der Waals surface area (Å²) in [6.07, 6.45) is 11.6. The maximum absolute atomic E-state index is 3.92. The van der Waals surface area contributed by atoms with E-state index >= 15 is 0 Å². The first kappa shape index (κ1) is 12.0. The van der Waals surface area contributed by atoms with Crippen LogP contribution >= 0.6 is 0 Å². The molecule has 0 bridgehead atoms. The van der Waals surface area contributed by atoms with Crippen molar-refractivity contribution >= 4 is 0 Å². The Balaban J connectivity index is 1.70. The van der Waals surface area contributed by atoms with E-state index in [4.69, 9.17) is 0 Å². The third kappa shape index (κ3) is 2.53. The van der Waals surface area contributed by atoms with Gasteiger partial charge in [0, 0.05) is 18.6 Å². The molecule has 98 valence electrons. The fourth-order valence-electron chi connectivity index (χ4n) is 4.51. The van der Waals surface area contributed by atoms with Crippen LogP contribution in [-0.4, -0.2) is 37.1 Å². The van der Waals surface area contributed by atoms with E-state index in [1.807, 2.05) is 0 Å². The lowest BCUT2D eigenvalue weighted by Crippen LogP contribution is -2.54. The Morgan fingerprint density at radius 2 is 1.59 bits per heavy atom. The summed E-state index contributed by atoms with van der Waals surface area (Å²) in [4.78, 5) is 2.72. The molecule has 1 saturated heterocycles. The van der Waals surface area contributed by atoms with Gasteiger partial charge in [0.1, 0.15) is 0 Å². The zero-order valence-electron chi connectivity index (χ0n) is 11.3. The van der Waals surface area contributed by atoms with Crippen LogP contribution in [0, 0.1) is 11.8 Å². The highest BCUT2D eigenvalue weighted by Crippen LogP contribution is 2.33. The molecule has 2 heteroatoms. The lowest BCUT2D eigenvalue weighted by atomic mass is 9.78. The molecule has 3 aliphatic rings. The van der Waals surface area contributed by atoms with Crippen LogP contribution < -0.4 is 5.32 Å². The topological polar surface area (TPSA) is 15.3 Å². The van der Waals surface area contributed by atoms with E-state index in [0.717, 1.165) is 23.9 Å². The number of nitrogens with one attached hydrogen (secondary N) is 1. The van der Waals surface area contributed by atoms with Crippen LogP contribution in [0.4, 0.5) is 0 Å². The predicted molar refractivity (Wildman–Crippen MR) is 72.1 cm³/mol. The number of rotatable bonds is 0. The molecule has 1 aliphatic heterocycles. The molecule has 1 N–H and O–H groups in total. The van der Waals surface area contributed by atoms with E-state index in [9.17, 15) is 0 Å². The first-order valence-electron chi connectivity index (χ1n) is 7.78. The van der Waals surface area contributed by atoms with Crippen LogP contribution in [0.5, 0.6) is 0 Å². The number of hydrogen-bond acceptors (Lipinski definition) is 2. The molecule has 1 heterocycles. The molecule has 0 radical (unpaired) electrons. The van der Waals surface area contributed by atoms with Crippen molar-refractivity contribution in [3.05, 3.63) is 0 Å². The average molecular weight is 236 g/mol. The van der Waals surface area contributed by atoms with Gasteiger partial charge in [0.05, 0.1) is 0 Å². The summed E-state index contributed by atoms with van der Waals surface area (Å²) in [6, 6.07) is 1.70. The highest BCUT2D eigenvalue weighted by molar-refractivity contribution is 4.91. The van der Waals surface area contributed by atoms with Crippen molar-refractivity contribution < 1.29 is 0 Å². The van der Waals surface area contributed by atoms with E-state index in [0.29, 0.717) is 0 Å². The van der Waals surface area contributed by atoms with E-state index in [2.05, 4.69) is 17.3 Å². The normalized spacial score (nSPS) is 44.3. The second-order valence-corrected chi connectivity index (χ2v) is 6.61. The lowest BCUT2D eigenvalue weighted by molar-refractivity contribution is 0.0667. The van der Waals surface area contributed by atoms with Gasteiger partial charge in [0.25, 0.3) is 0 Å². The van der Waals surface area contributed by atoms with E-state index in [-0.39, 0.29) is 0 Å². The van der Waals surface area contributed by atoms with Crippen molar-refractivity contribution in [1.82, 2.24) is 10.2 Å². The zero-order valence-corrected chi connectivity index (χ0v) is 11.3. The smallest absolute Gasteiger partial charge is 0.0133 e. The van der Waals surface area contributed by atoms with Gasteiger partial charge in [-0.3, -0.25) is 0 Å². The SMILES string of the molecule is CN1CC2CCCCC2NCC2CCCCC21. The van der Waals surface area contributed by atoms with E-state index in [1.54, 1.807) is 0 Å². The molecule has 3 rings (SSSR count). The maximum atomic E-state index is 3.92. The standard InChI is InChI=1S/C15H28N2/c1-17-11-13-7-2-4-8-14(13)16-10-12-6-3-5-9-15(12)17/h12-16H,2-11H2,1H3. The molecule has 4 atom stereocenters. The molecule has 0 spiro atoms. The quantitative estimate of drug-likeness (QED) is 0.695. The largest absolute Gasteiger partial charge is 0.313 e. The number of nitrogens with zero attached hydrogens (tertiary/aromatic N) is 1. The highest BCUT2D eigenvalue weighted by Gasteiger charge is 2.35. The van der Waals surface area contributed by atoms with E-state index in [1.165, 1.54) is 64.5 Å². The van der Waals surface area contributed by atoms with Crippen molar-refractivity contribution in [3.8, 4) is 0 Å². The van der Waals surface area contributed by atoms with Gasteiger partial charge in [-0.1, -0.05) is 25.7 Å². The minimum atomic E-state index is 0.828. The Hall–Kier alpha value is -0.0800. The summed E-state index contributed by atoms with van der Waals surface area (Å²) in [5, 5.41) is 3.92. The van der Waals surface area contributed by atoms with Gasteiger partial charge in [0.15, 0.2) is 0 Å². The molecule has 17 heavy (non-hydrogen) atoms. The Bertz CT molecular complexity index is 251. The summed E-state index contributed by atoms with van der Waals surface area (Å²) >= 11 is 0. The molecule has 2 nitrogen and oxygen atoms in total. The number of hydrogen-bond donors (Lipinski definition) is 1. The molecule has 2 saturated carbocycles. The fraction of sp³-hybridized carbons (Fsp3) is 1.00. The second kappa shape index (κ2) is 5.27. The van der Waals surface area contributed by atoms with Gasteiger partial charge in [0.2, 0.25) is 0 Å². The second-order valence-electron chi connectivity index (χ2n) is 6.61. The summed E-state index contributed by atoms with van der Waals surface area (Å²) in [5.74, 6) is 1.85. The fourth-order valence-corrected chi connectivity index (χ4v) is 4.51. The first-order valence-corrected chi connectivity index (χ1v) is 7.78. The van der Waals surface area contributed by atoms with Crippen LogP contribution in [0.2, 0.25) is 0 Å². The average Bonchev–Trinajstić information content (AvgIpc) is 2.36. The van der Waals surface area contributed by atoms with Gasteiger partial charge in [-0.05, 0) is 51.1 Å². The lowest BCUT2D eigenvalue weighted by Gasteiger charge is -2.45. The molecule has 0 aromatic rings. The van der Waals surface area contributed by atoms with Crippen molar-refractivity contribution in [2.24, 2.45) is 11.8 Å². The molecular weight excluding hydrogens is 208 g/mol. The van der Waals surface area contributed by atoms with Crippen LogP contribution in [-0.2, 0) is 0 Å². The molecule has 0 aromatic heterocycles. The minimum Gasteiger partial charge on any atom is -0.313 e. The van der Waals surface area contributed by atoms with E-state index < -0.39 is 0 Å². The van der Waals surface area contributed by atoms with Crippen LogP contribution in [0.1, 0.15) is 51.4 Å². The first-order chi connectivity index (χ1) is 8.34. The van der Waals surface area contributed by atoms with Gasteiger partial charge in [-0.25, -0.2) is 0 Å². The third-order valence-electron chi connectivity index (χ3n) is 5.51. The molecule has 2 aliphatic carbocycles. The minimum absolute atomic E-state index is 0.828. The van der Waals surface area contributed by atoms with Gasteiger partial charge < -0.3 is 10.2 Å². The number of fused-ring (bicyclic) bond motifs is 2. The van der Waals surface area contributed by atoms with Gasteiger partial charge in [-0.2, -0.15) is 0 Å². The van der Waals surface area contributed by atoms with Crippen molar-refractivity contribution in [2.45, 2.75) is 63.5 Å². The Labute approximate surface area is 106 Å². The zero-order chi connectivity index (χ0) is 11.7. The Morgan fingerprint density at radius 3 is 2.47 bits per heavy atom. The molecule has 3 fully saturated rings. The van der Waals surface area contributed by atoms with Crippen LogP contribution in [0.15, 0.2) is 0 Å². The van der Waals surface area contributed by atoms with Gasteiger partial charge >= 0.3 is 0 Å². The summed E-state index contributed by atoms with van der Waals surface area (Å²) in [6.45, 7) is 2.63. The monoisotopic (exact) mass is 236 g/mol. The summed E-state index contributed by atoms with van der Waals surface area (Å²) in [7, 11) is 2.39. The maximum Gasteiger partial charge on any atom is 0.0133 e. The highest BCUT2D eigenvalue weighted by atomic mass is 15.2. The van der Waals surface area contributed by atoms with Crippen molar-refractivity contribution in [3.63, 3.8) is 0 Å².